The molecule has 5 N–H and O–H groups in total. The second-order valence-corrected chi connectivity index (χ2v) is 11.5. The van der Waals surface area contributed by atoms with Crippen molar-refractivity contribution >= 4 is 23.4 Å². The minimum atomic E-state index is -0.660. The van der Waals surface area contributed by atoms with Gasteiger partial charge in [-0.05, 0) is 83.7 Å². The van der Waals surface area contributed by atoms with Crippen molar-refractivity contribution < 1.29 is 9.59 Å². The molecule has 2 fully saturated rings. The van der Waals surface area contributed by atoms with Crippen molar-refractivity contribution in [2.24, 2.45) is 17.6 Å². The van der Waals surface area contributed by atoms with Gasteiger partial charge in [0.1, 0.15) is 0 Å². The Kier molecular flexibility index (Phi) is 10.6. The minimum absolute atomic E-state index is 0.0252. The largest absolute Gasteiger partial charge is 0.338 e. The summed E-state index contributed by atoms with van der Waals surface area (Å²) in [5.74, 6) is 0.220. The molecule has 0 radical (unpaired) electrons. The number of nitrogens with one attached hydrogen (secondary N) is 3. The second kappa shape index (κ2) is 13.2. The van der Waals surface area contributed by atoms with E-state index in [9.17, 15) is 9.59 Å². The van der Waals surface area contributed by atoms with Crippen LogP contribution in [-0.2, 0) is 16.0 Å². The fraction of sp³-hybridized carbons (Fsp3) is 0.704. The van der Waals surface area contributed by atoms with E-state index in [1.807, 2.05) is 62.1 Å². The summed E-state index contributed by atoms with van der Waals surface area (Å²) in [5.41, 5.74) is 10.0. The van der Waals surface area contributed by atoms with Crippen LogP contribution >= 0.6 is 11.6 Å². The van der Waals surface area contributed by atoms with Gasteiger partial charge < -0.3 is 11.1 Å². The van der Waals surface area contributed by atoms with Crippen LogP contribution < -0.4 is 21.8 Å². The monoisotopic (exact) mass is 520 g/mol. The first-order chi connectivity index (χ1) is 17.0. The van der Waals surface area contributed by atoms with Crippen LogP contribution in [0.15, 0.2) is 24.3 Å². The number of hydrazine groups is 1. The molecule has 2 aliphatic rings. The van der Waals surface area contributed by atoms with Crippen molar-refractivity contribution in [2.75, 3.05) is 27.2 Å². The molecule has 1 saturated carbocycles. The van der Waals surface area contributed by atoms with Crippen LogP contribution in [0.4, 0.5) is 0 Å². The highest BCUT2D eigenvalue weighted by Gasteiger charge is 2.35. The molecule has 0 bridgehead atoms. The molecule has 1 heterocycles. The molecule has 2 amide bonds. The molecule has 202 valence electrons. The predicted molar refractivity (Wildman–Crippen MR) is 145 cm³/mol. The minimum Gasteiger partial charge on any atom is -0.338 e. The quantitative estimate of drug-likeness (QED) is 0.354. The summed E-state index contributed by atoms with van der Waals surface area (Å²) >= 11 is 6.03. The topological polar surface area (TPSA) is 103 Å². The van der Waals surface area contributed by atoms with Gasteiger partial charge in [0.15, 0.2) is 0 Å². The van der Waals surface area contributed by atoms with Gasteiger partial charge in [-0.2, -0.15) is 0 Å². The Balaban J connectivity index is 1.52. The molecule has 1 aliphatic carbocycles. The van der Waals surface area contributed by atoms with Crippen molar-refractivity contribution in [3.05, 3.63) is 34.9 Å². The summed E-state index contributed by atoms with van der Waals surface area (Å²) in [4.78, 5) is 28.3. The number of halogens is 1. The maximum absolute atomic E-state index is 13.3. The van der Waals surface area contributed by atoms with Gasteiger partial charge in [0.05, 0.1) is 17.9 Å². The van der Waals surface area contributed by atoms with Crippen LogP contribution in [0.2, 0.25) is 5.02 Å². The van der Waals surface area contributed by atoms with E-state index >= 15 is 0 Å². The number of hydrogen-bond acceptors (Lipinski definition) is 6. The standard InChI is InChI=1S/C27H45ClN6O2/c1-19(33(3)4)30-24(18-20-10-12-23(28)13-11-20)26(36)32-34-16-14-21(15-17-34)25(35)31-27(2,29)22-8-6-5-7-9-22/h10-13,19,21-22,24,30H,5-9,14-18,29H2,1-4H3,(H,31,35)(H,32,36)/t19-,24-,27-/m1/s1. The van der Waals surface area contributed by atoms with Crippen LogP contribution in [-0.4, -0.2) is 66.8 Å². The fourth-order valence-corrected chi connectivity index (χ4v) is 5.31. The summed E-state index contributed by atoms with van der Waals surface area (Å²) in [7, 11) is 3.96. The summed E-state index contributed by atoms with van der Waals surface area (Å²) in [6, 6.07) is 7.19. The van der Waals surface area contributed by atoms with Gasteiger partial charge in [-0.25, -0.2) is 5.01 Å². The van der Waals surface area contributed by atoms with E-state index in [2.05, 4.69) is 16.1 Å². The lowest BCUT2D eigenvalue weighted by molar-refractivity contribution is -0.131. The highest BCUT2D eigenvalue weighted by atomic mass is 35.5. The van der Waals surface area contributed by atoms with Crippen LogP contribution in [0, 0.1) is 11.8 Å². The predicted octanol–water partition coefficient (Wildman–Crippen LogP) is 2.86. The molecule has 1 aromatic rings. The Bertz CT molecular complexity index is 848. The number of amides is 2. The molecule has 0 spiro atoms. The van der Waals surface area contributed by atoms with Crippen LogP contribution in [0.3, 0.4) is 0 Å². The van der Waals surface area contributed by atoms with Gasteiger partial charge in [-0.3, -0.25) is 25.2 Å². The SMILES string of the molecule is C[C@H](N[C@H](Cc1ccc(Cl)cc1)C(=O)NN1CCC(C(=O)N[C@@](C)(N)C2CCCCC2)CC1)N(C)C. The molecule has 3 atom stereocenters. The van der Waals surface area contributed by atoms with E-state index in [4.69, 9.17) is 17.3 Å². The molecule has 3 rings (SSSR count). The number of piperidine rings is 1. The van der Waals surface area contributed by atoms with Crippen molar-refractivity contribution in [2.45, 2.75) is 83.1 Å². The van der Waals surface area contributed by atoms with E-state index < -0.39 is 11.7 Å². The van der Waals surface area contributed by atoms with E-state index in [-0.39, 0.29) is 23.9 Å². The van der Waals surface area contributed by atoms with E-state index in [1.54, 1.807) is 0 Å². The number of carbonyl (C=O) groups excluding carboxylic acids is 2. The second-order valence-electron chi connectivity index (χ2n) is 11.0. The number of hydrogen-bond donors (Lipinski definition) is 4. The summed E-state index contributed by atoms with van der Waals surface area (Å²) < 4.78 is 0. The number of benzene rings is 1. The molecule has 1 aromatic carbocycles. The summed E-state index contributed by atoms with van der Waals surface area (Å²) in [6.45, 7) is 5.25. The first-order valence-corrected chi connectivity index (χ1v) is 13.8. The lowest BCUT2D eigenvalue weighted by Gasteiger charge is -2.39. The Hall–Kier alpha value is -1.71. The molecule has 36 heavy (non-hydrogen) atoms. The maximum atomic E-state index is 13.3. The Labute approximate surface area is 221 Å². The van der Waals surface area contributed by atoms with Gasteiger partial charge in [0.2, 0.25) is 5.91 Å². The van der Waals surface area contributed by atoms with Gasteiger partial charge in [0.25, 0.3) is 5.91 Å². The summed E-state index contributed by atoms with van der Waals surface area (Å²) in [5, 5.41) is 9.18. The first-order valence-electron chi connectivity index (χ1n) is 13.4. The number of nitrogens with zero attached hydrogens (tertiary/aromatic N) is 2. The average molecular weight is 521 g/mol. The number of rotatable bonds is 10. The highest BCUT2D eigenvalue weighted by Crippen LogP contribution is 2.30. The van der Waals surface area contributed by atoms with Crippen molar-refractivity contribution in [3.63, 3.8) is 0 Å². The van der Waals surface area contributed by atoms with Crippen molar-refractivity contribution in [1.82, 2.24) is 26.0 Å². The molecule has 9 heteroatoms. The Morgan fingerprint density at radius 2 is 1.72 bits per heavy atom. The van der Waals surface area contributed by atoms with Gasteiger partial charge in [0, 0.05) is 24.0 Å². The lowest BCUT2D eigenvalue weighted by Crippen LogP contribution is -2.61. The van der Waals surface area contributed by atoms with E-state index in [0.717, 1.165) is 18.4 Å². The van der Waals surface area contributed by atoms with Crippen LogP contribution in [0.25, 0.3) is 0 Å². The summed E-state index contributed by atoms with van der Waals surface area (Å²) in [6.07, 6.45) is 7.75. The number of carbonyl (C=O) groups is 2. The smallest absolute Gasteiger partial charge is 0.251 e. The van der Waals surface area contributed by atoms with E-state index in [0.29, 0.717) is 43.3 Å². The van der Waals surface area contributed by atoms with Gasteiger partial charge >= 0.3 is 0 Å². The average Bonchev–Trinajstić information content (AvgIpc) is 2.85. The third kappa shape index (κ3) is 8.42. The van der Waals surface area contributed by atoms with Gasteiger partial charge in [-0.15, -0.1) is 0 Å². The molecular weight excluding hydrogens is 476 g/mol. The van der Waals surface area contributed by atoms with Crippen molar-refractivity contribution in [3.8, 4) is 0 Å². The zero-order valence-electron chi connectivity index (χ0n) is 22.4. The third-order valence-corrected chi connectivity index (χ3v) is 8.12. The molecule has 8 nitrogen and oxygen atoms in total. The molecular formula is C27H45ClN6O2. The fourth-order valence-electron chi connectivity index (χ4n) is 5.18. The normalized spacial score (nSPS) is 21.5. The number of nitrogens with two attached hydrogens (primary N) is 1. The molecule has 0 aromatic heterocycles. The highest BCUT2D eigenvalue weighted by molar-refractivity contribution is 6.30. The molecule has 1 saturated heterocycles. The Morgan fingerprint density at radius 1 is 1.11 bits per heavy atom. The van der Waals surface area contributed by atoms with E-state index in [1.165, 1.54) is 19.3 Å². The maximum Gasteiger partial charge on any atom is 0.251 e. The third-order valence-electron chi connectivity index (χ3n) is 7.87. The first kappa shape index (κ1) is 28.9. The zero-order chi connectivity index (χ0) is 26.3. The molecule has 0 unspecified atom stereocenters. The van der Waals surface area contributed by atoms with Crippen molar-refractivity contribution in [1.29, 1.82) is 0 Å². The van der Waals surface area contributed by atoms with Crippen LogP contribution in [0.5, 0.6) is 0 Å². The zero-order valence-corrected chi connectivity index (χ0v) is 23.1. The molecule has 1 aliphatic heterocycles. The van der Waals surface area contributed by atoms with Crippen LogP contribution in [0.1, 0.15) is 64.4 Å². The Morgan fingerprint density at radius 3 is 2.31 bits per heavy atom. The lowest BCUT2D eigenvalue weighted by atomic mass is 9.80. The van der Waals surface area contributed by atoms with Gasteiger partial charge in [-0.1, -0.05) is 43.0 Å².